The average Bonchev–Trinajstić information content (AvgIpc) is 2.32. The van der Waals surface area contributed by atoms with Gasteiger partial charge in [-0.25, -0.2) is 0 Å². The van der Waals surface area contributed by atoms with Crippen molar-refractivity contribution in [2.45, 2.75) is 26.5 Å². The van der Waals surface area contributed by atoms with E-state index in [0.29, 0.717) is 19.7 Å². The molecule has 0 saturated heterocycles. The third-order valence-electron chi connectivity index (χ3n) is 2.97. The van der Waals surface area contributed by atoms with Crippen LogP contribution >= 0.6 is 0 Å². The molecular weight excluding hydrogens is 232 g/mol. The number of likely N-dealkylation sites (N-methyl/N-ethyl adjacent to an activating group) is 1. The molecule has 18 heavy (non-hydrogen) atoms. The molecule has 1 aromatic heterocycles. The Morgan fingerprint density at radius 1 is 1.39 bits per heavy atom. The Morgan fingerprint density at radius 2 is 2.06 bits per heavy atom. The normalized spacial score (nSPS) is 12.6. The number of nitrogens with zero attached hydrogens (tertiary/aromatic N) is 3. The van der Waals surface area contributed by atoms with Gasteiger partial charge in [-0.05, 0) is 19.4 Å². The van der Waals surface area contributed by atoms with Crippen LogP contribution in [0.4, 0.5) is 5.82 Å². The van der Waals surface area contributed by atoms with E-state index in [1.54, 1.807) is 7.11 Å². The molecule has 0 spiro atoms. The van der Waals surface area contributed by atoms with Gasteiger partial charge in [0.15, 0.2) is 5.82 Å². The van der Waals surface area contributed by atoms with Crippen molar-refractivity contribution in [2.75, 3.05) is 32.2 Å². The van der Waals surface area contributed by atoms with E-state index >= 15 is 0 Å². The number of aliphatic hydroxyl groups excluding tert-OH is 1. The molecule has 0 fully saturated rings. The summed E-state index contributed by atoms with van der Waals surface area (Å²) in [4.78, 5) is 1.85. The van der Waals surface area contributed by atoms with Crippen LogP contribution in [0, 0.1) is 13.8 Å². The van der Waals surface area contributed by atoms with Crippen molar-refractivity contribution in [1.82, 2.24) is 10.2 Å². The summed E-state index contributed by atoms with van der Waals surface area (Å²) < 4.78 is 4.90. The van der Waals surface area contributed by atoms with E-state index in [1.165, 1.54) is 0 Å². The number of aliphatic hydroxyl groups is 1. The second-order valence-corrected chi connectivity index (χ2v) is 4.41. The van der Waals surface area contributed by atoms with E-state index in [9.17, 15) is 5.11 Å². The number of rotatable bonds is 6. The number of hydrogen-bond acceptors (Lipinski definition) is 6. The maximum absolute atomic E-state index is 9.72. The highest BCUT2D eigenvalue weighted by Crippen LogP contribution is 2.20. The molecule has 0 radical (unpaired) electrons. The molecule has 102 valence electrons. The summed E-state index contributed by atoms with van der Waals surface area (Å²) in [7, 11) is 3.42. The van der Waals surface area contributed by atoms with Crippen LogP contribution in [0.5, 0.6) is 0 Å². The van der Waals surface area contributed by atoms with Gasteiger partial charge in [-0.2, -0.15) is 5.10 Å². The van der Waals surface area contributed by atoms with Crippen molar-refractivity contribution in [1.29, 1.82) is 0 Å². The molecular formula is C12H22N4O2. The van der Waals surface area contributed by atoms with E-state index in [1.807, 2.05) is 25.8 Å². The number of nitrogens with two attached hydrogens (primary N) is 1. The molecule has 1 rings (SSSR count). The fourth-order valence-electron chi connectivity index (χ4n) is 1.84. The highest BCUT2D eigenvalue weighted by atomic mass is 16.5. The predicted molar refractivity (Wildman–Crippen MR) is 70.6 cm³/mol. The summed E-state index contributed by atoms with van der Waals surface area (Å²) in [5.41, 5.74) is 8.66. The van der Waals surface area contributed by atoms with Crippen molar-refractivity contribution in [3.8, 4) is 0 Å². The molecule has 1 unspecified atom stereocenters. The van der Waals surface area contributed by atoms with E-state index < -0.39 is 6.10 Å². The van der Waals surface area contributed by atoms with Crippen molar-refractivity contribution in [3.63, 3.8) is 0 Å². The van der Waals surface area contributed by atoms with Gasteiger partial charge in [0.25, 0.3) is 0 Å². The van der Waals surface area contributed by atoms with Crippen molar-refractivity contribution in [3.05, 3.63) is 16.8 Å². The molecule has 0 aliphatic carbocycles. The van der Waals surface area contributed by atoms with Gasteiger partial charge >= 0.3 is 0 Å². The number of anilines is 1. The fraction of sp³-hybridized carbons (Fsp3) is 0.667. The number of ether oxygens (including phenoxy) is 1. The second-order valence-electron chi connectivity index (χ2n) is 4.41. The topological polar surface area (TPSA) is 84.5 Å². The summed E-state index contributed by atoms with van der Waals surface area (Å²) >= 11 is 0. The Morgan fingerprint density at radius 3 is 2.61 bits per heavy atom. The molecule has 1 atom stereocenters. The quantitative estimate of drug-likeness (QED) is 0.743. The van der Waals surface area contributed by atoms with Gasteiger partial charge in [0.05, 0.1) is 18.4 Å². The van der Waals surface area contributed by atoms with Gasteiger partial charge < -0.3 is 20.5 Å². The maximum atomic E-state index is 9.72. The Hall–Kier alpha value is -1.24. The van der Waals surface area contributed by atoms with Gasteiger partial charge in [0.1, 0.15) is 0 Å². The molecule has 1 heterocycles. The summed E-state index contributed by atoms with van der Waals surface area (Å²) in [6, 6.07) is 0. The van der Waals surface area contributed by atoms with Gasteiger partial charge in [-0.15, -0.1) is 5.10 Å². The number of methoxy groups -OCH3 is 1. The SMILES string of the molecule is COCC(O)CN(C)c1nnc(C)c(C)c1CN. The van der Waals surface area contributed by atoms with Crippen molar-refractivity contribution >= 4 is 5.82 Å². The Bertz CT molecular complexity index is 398. The highest BCUT2D eigenvalue weighted by molar-refractivity contribution is 5.50. The monoisotopic (exact) mass is 254 g/mol. The largest absolute Gasteiger partial charge is 0.389 e. The molecule has 0 aromatic carbocycles. The fourth-order valence-corrected chi connectivity index (χ4v) is 1.84. The molecule has 3 N–H and O–H groups in total. The van der Waals surface area contributed by atoms with Crippen LogP contribution in [-0.2, 0) is 11.3 Å². The zero-order chi connectivity index (χ0) is 13.7. The van der Waals surface area contributed by atoms with Gasteiger partial charge in [-0.3, -0.25) is 0 Å². The zero-order valence-corrected chi connectivity index (χ0v) is 11.5. The van der Waals surface area contributed by atoms with Gasteiger partial charge in [-0.1, -0.05) is 0 Å². The van der Waals surface area contributed by atoms with Crippen LogP contribution in [0.25, 0.3) is 0 Å². The first kappa shape index (κ1) is 14.8. The number of hydrogen-bond donors (Lipinski definition) is 2. The molecule has 0 aliphatic rings. The van der Waals surface area contributed by atoms with Crippen LogP contribution in [0.2, 0.25) is 0 Å². The summed E-state index contributed by atoms with van der Waals surface area (Å²) in [6.45, 7) is 5.01. The summed E-state index contributed by atoms with van der Waals surface area (Å²) in [5.74, 6) is 0.718. The van der Waals surface area contributed by atoms with E-state index in [2.05, 4.69) is 10.2 Å². The molecule has 0 bridgehead atoms. The second kappa shape index (κ2) is 6.63. The first-order valence-electron chi connectivity index (χ1n) is 5.92. The predicted octanol–water partition coefficient (Wildman–Crippen LogP) is -0.00436. The maximum Gasteiger partial charge on any atom is 0.155 e. The molecule has 0 amide bonds. The minimum Gasteiger partial charge on any atom is -0.389 e. The molecule has 6 heteroatoms. The lowest BCUT2D eigenvalue weighted by Gasteiger charge is -2.24. The standard InChI is InChI=1S/C12H22N4O2/c1-8-9(2)14-15-12(11(8)5-13)16(3)6-10(17)7-18-4/h10,17H,5-7,13H2,1-4H3. The number of aryl methyl sites for hydroxylation is 1. The Kier molecular flexibility index (Phi) is 5.46. The lowest BCUT2D eigenvalue weighted by atomic mass is 10.1. The minimum absolute atomic E-state index is 0.292. The Labute approximate surface area is 108 Å². The van der Waals surface area contributed by atoms with Crippen LogP contribution in [0.15, 0.2) is 0 Å². The van der Waals surface area contributed by atoms with Crippen molar-refractivity contribution in [2.24, 2.45) is 5.73 Å². The van der Waals surface area contributed by atoms with Gasteiger partial charge in [0, 0.05) is 32.8 Å². The van der Waals surface area contributed by atoms with Crippen LogP contribution < -0.4 is 10.6 Å². The highest BCUT2D eigenvalue weighted by Gasteiger charge is 2.16. The molecule has 0 saturated carbocycles. The zero-order valence-electron chi connectivity index (χ0n) is 11.5. The first-order chi connectivity index (χ1) is 8.51. The average molecular weight is 254 g/mol. The summed E-state index contributed by atoms with van der Waals surface area (Å²) in [5, 5.41) is 18.0. The third-order valence-corrected chi connectivity index (χ3v) is 2.97. The molecule has 6 nitrogen and oxygen atoms in total. The van der Waals surface area contributed by atoms with Gasteiger partial charge in [0.2, 0.25) is 0 Å². The molecule has 0 aliphatic heterocycles. The third kappa shape index (κ3) is 3.38. The smallest absolute Gasteiger partial charge is 0.155 e. The Balaban J connectivity index is 2.91. The lowest BCUT2D eigenvalue weighted by Crippen LogP contribution is -2.33. The van der Waals surface area contributed by atoms with E-state index in [4.69, 9.17) is 10.5 Å². The van der Waals surface area contributed by atoms with E-state index in [-0.39, 0.29) is 0 Å². The summed E-state index contributed by atoms with van der Waals surface area (Å²) in [6.07, 6.45) is -0.561. The minimum atomic E-state index is -0.561. The first-order valence-corrected chi connectivity index (χ1v) is 5.92. The number of aromatic nitrogens is 2. The van der Waals surface area contributed by atoms with Crippen LogP contribution in [0.3, 0.4) is 0 Å². The molecule has 1 aromatic rings. The van der Waals surface area contributed by atoms with E-state index in [0.717, 1.165) is 22.6 Å². The van der Waals surface area contributed by atoms with Crippen molar-refractivity contribution < 1.29 is 9.84 Å². The van der Waals surface area contributed by atoms with Crippen LogP contribution in [0.1, 0.15) is 16.8 Å². The lowest BCUT2D eigenvalue weighted by molar-refractivity contribution is 0.0694. The van der Waals surface area contributed by atoms with Crippen LogP contribution in [-0.4, -0.2) is 48.7 Å².